The van der Waals surface area contributed by atoms with Gasteiger partial charge in [-0.15, -0.1) is 10.2 Å². The van der Waals surface area contributed by atoms with Crippen LogP contribution in [0.15, 0.2) is 53.6 Å². The van der Waals surface area contributed by atoms with E-state index in [-0.39, 0.29) is 52.9 Å². The van der Waals surface area contributed by atoms with Crippen molar-refractivity contribution in [2.24, 2.45) is 0 Å². The van der Waals surface area contributed by atoms with Crippen LogP contribution in [0, 0.1) is 0 Å². The largest absolute Gasteiger partial charge is 0.416 e. The second kappa shape index (κ2) is 11.9. The number of aromatic nitrogens is 6. The summed E-state index contributed by atoms with van der Waals surface area (Å²) in [6.07, 6.45) is -11.5. The van der Waals surface area contributed by atoms with Gasteiger partial charge in [-0.25, -0.2) is 19.1 Å². The van der Waals surface area contributed by atoms with Gasteiger partial charge in [0.25, 0.3) is 5.91 Å². The maximum Gasteiger partial charge on any atom is 0.416 e. The molecule has 44 heavy (non-hydrogen) atoms. The van der Waals surface area contributed by atoms with Crippen LogP contribution in [0.1, 0.15) is 29.0 Å². The first-order valence-corrected chi connectivity index (χ1v) is 13.7. The smallest absolute Gasteiger partial charge is 0.382 e. The molecule has 0 bridgehead atoms. The van der Waals surface area contributed by atoms with Crippen molar-refractivity contribution < 1.29 is 36.2 Å². The van der Waals surface area contributed by atoms with Crippen LogP contribution in [0.3, 0.4) is 0 Å². The number of hydrogen-bond acceptors (Lipinski definition) is 6. The molecule has 1 saturated heterocycles. The lowest BCUT2D eigenvalue weighted by Crippen LogP contribution is -2.44. The summed E-state index contributed by atoms with van der Waals surface area (Å²) in [4.78, 5) is 31.3. The van der Waals surface area contributed by atoms with Crippen molar-refractivity contribution in [1.82, 2.24) is 34.0 Å². The maximum absolute atomic E-state index is 13.6. The normalized spacial score (nSPS) is 16.5. The van der Waals surface area contributed by atoms with Crippen LogP contribution in [-0.4, -0.2) is 76.1 Å². The molecule has 1 fully saturated rings. The van der Waals surface area contributed by atoms with E-state index < -0.39 is 49.2 Å². The predicted molar refractivity (Wildman–Crippen MR) is 145 cm³/mol. The summed E-state index contributed by atoms with van der Waals surface area (Å²) in [5.74, 6) is -1.20. The Morgan fingerprint density at radius 3 is 2.41 bits per heavy atom. The highest BCUT2D eigenvalue weighted by molar-refractivity contribution is 6.33. The molecule has 1 aliphatic rings. The monoisotopic (exact) mass is 663 g/mol. The number of alkyl halides is 6. The van der Waals surface area contributed by atoms with E-state index in [1.54, 1.807) is 0 Å². The van der Waals surface area contributed by atoms with Crippen molar-refractivity contribution in [3.05, 3.63) is 80.7 Å². The quantitative estimate of drug-likeness (QED) is 0.286. The van der Waals surface area contributed by atoms with Gasteiger partial charge in [0.2, 0.25) is 0 Å². The van der Waals surface area contributed by atoms with Gasteiger partial charge in [0.05, 0.1) is 22.8 Å². The number of halogens is 8. The highest BCUT2D eigenvalue weighted by Crippen LogP contribution is 2.35. The molecule has 18 heteroatoms. The first-order valence-electron chi connectivity index (χ1n) is 12.9. The van der Waals surface area contributed by atoms with E-state index >= 15 is 0 Å². The molecule has 2 atom stereocenters. The van der Waals surface area contributed by atoms with Crippen LogP contribution in [0.25, 0.3) is 17.1 Å². The molecule has 0 unspecified atom stereocenters. The molecule has 0 radical (unpaired) electrons. The molecule has 0 aliphatic carbocycles. The molecule has 5 rings (SSSR count). The highest BCUT2D eigenvalue weighted by atomic mass is 35.5. The molecule has 1 amide bonds. The van der Waals surface area contributed by atoms with Crippen LogP contribution in [-0.2, 0) is 13.1 Å². The van der Waals surface area contributed by atoms with Gasteiger partial charge >= 0.3 is 18.0 Å². The lowest BCUT2D eigenvalue weighted by molar-refractivity contribution is -0.207. The lowest BCUT2D eigenvalue weighted by atomic mass is 10.1. The number of hydrogen-bond donors (Lipinski definition) is 1. The van der Waals surface area contributed by atoms with Crippen molar-refractivity contribution >= 4 is 29.1 Å². The van der Waals surface area contributed by atoms with Crippen LogP contribution >= 0.6 is 23.2 Å². The molecule has 2 aromatic heterocycles. The SMILES string of the molecule is O=C(c1cccc(Cl)c1-n1cnc(Cn2nc(-c3ccc(Cl)cc3)n(C[C@H](O)C(F)(F)F)c2=O)n1)N1CCC[C@@H]1C(F)(F)F. The van der Waals surface area contributed by atoms with Gasteiger partial charge in [-0.05, 0) is 49.2 Å². The number of likely N-dealkylation sites (tertiary alicyclic amines) is 1. The summed E-state index contributed by atoms with van der Waals surface area (Å²) < 4.78 is 82.6. The average molecular weight is 664 g/mol. The highest BCUT2D eigenvalue weighted by Gasteiger charge is 2.48. The Kier molecular flexibility index (Phi) is 8.52. The number of rotatable bonds is 7. The van der Waals surface area contributed by atoms with Crippen molar-refractivity contribution in [3.63, 3.8) is 0 Å². The number of nitrogens with zero attached hydrogens (tertiary/aromatic N) is 7. The van der Waals surface area contributed by atoms with Crippen molar-refractivity contribution in [3.8, 4) is 17.1 Å². The number of carbonyl (C=O) groups excluding carboxylic acids is 1. The minimum Gasteiger partial charge on any atom is -0.382 e. The molecule has 10 nitrogen and oxygen atoms in total. The Hall–Kier alpha value is -3.89. The van der Waals surface area contributed by atoms with Gasteiger partial charge in [0.1, 0.15) is 18.9 Å². The van der Waals surface area contributed by atoms with Gasteiger partial charge in [0.15, 0.2) is 17.8 Å². The molecule has 0 spiro atoms. The minimum atomic E-state index is -5.02. The molecule has 234 valence electrons. The first kappa shape index (κ1) is 31.5. The van der Waals surface area contributed by atoms with Gasteiger partial charge < -0.3 is 10.0 Å². The van der Waals surface area contributed by atoms with E-state index in [4.69, 9.17) is 23.2 Å². The standard InChI is InChI=1S/C26H21Cl2F6N7O3/c27-15-8-6-14(7-9-15)22-37-40(24(44)39(22)11-19(42)26(32,33)34)12-20-35-13-41(36-20)21-16(3-1-4-17(21)28)23(43)38-10-2-5-18(38)25(29,30)31/h1,3-4,6-9,13,18-19,42H,2,5,10-12H2/t18-,19+/m1/s1. The maximum atomic E-state index is 13.6. The second-order valence-electron chi connectivity index (χ2n) is 9.88. The van der Waals surface area contributed by atoms with Gasteiger partial charge in [0, 0.05) is 17.1 Å². The van der Waals surface area contributed by atoms with Crippen molar-refractivity contribution in [2.75, 3.05) is 6.54 Å². The van der Waals surface area contributed by atoms with Gasteiger partial charge in [-0.3, -0.25) is 9.36 Å². The summed E-state index contributed by atoms with van der Waals surface area (Å²) >= 11 is 12.2. The van der Waals surface area contributed by atoms with Gasteiger partial charge in [-0.2, -0.15) is 26.3 Å². The first-order chi connectivity index (χ1) is 20.6. The Bertz CT molecular complexity index is 1730. The summed E-state index contributed by atoms with van der Waals surface area (Å²) in [7, 11) is 0. The molecular formula is C26H21Cl2F6N7O3. The third kappa shape index (κ3) is 6.32. The van der Waals surface area contributed by atoms with E-state index in [1.807, 2.05) is 0 Å². The predicted octanol–water partition coefficient (Wildman–Crippen LogP) is 4.74. The molecule has 1 N–H and O–H groups in total. The van der Waals surface area contributed by atoms with E-state index in [0.717, 1.165) is 20.6 Å². The van der Waals surface area contributed by atoms with Crippen LogP contribution in [0.5, 0.6) is 0 Å². The zero-order chi connectivity index (χ0) is 32.0. The molecule has 3 heterocycles. The van der Waals surface area contributed by atoms with E-state index in [9.17, 15) is 41.0 Å². The summed E-state index contributed by atoms with van der Waals surface area (Å²) in [5.41, 5.74) is -1.01. The molecule has 4 aromatic rings. The summed E-state index contributed by atoms with van der Waals surface area (Å²) in [5, 5.41) is 18.3. The van der Waals surface area contributed by atoms with Gasteiger partial charge in [-0.1, -0.05) is 29.3 Å². The average Bonchev–Trinajstić information content (AvgIpc) is 3.69. The number of benzene rings is 2. The van der Waals surface area contributed by atoms with Crippen LogP contribution in [0.4, 0.5) is 26.3 Å². The van der Waals surface area contributed by atoms with Crippen LogP contribution < -0.4 is 5.69 Å². The Morgan fingerprint density at radius 1 is 1.05 bits per heavy atom. The zero-order valence-corrected chi connectivity index (χ0v) is 23.7. The number of para-hydroxylation sites is 1. The molecular weight excluding hydrogens is 643 g/mol. The number of aliphatic hydroxyl groups is 1. The topological polar surface area (TPSA) is 111 Å². The second-order valence-corrected chi connectivity index (χ2v) is 10.7. The Morgan fingerprint density at radius 2 is 1.75 bits per heavy atom. The zero-order valence-electron chi connectivity index (χ0n) is 22.2. The third-order valence-electron chi connectivity index (χ3n) is 6.93. The van der Waals surface area contributed by atoms with Crippen molar-refractivity contribution in [2.45, 2.75) is 50.4 Å². The fraction of sp³-hybridized carbons (Fsp3) is 0.346. The number of carbonyl (C=O) groups is 1. The number of amides is 1. The lowest BCUT2D eigenvalue weighted by Gasteiger charge is -2.27. The third-order valence-corrected chi connectivity index (χ3v) is 7.48. The number of aliphatic hydroxyl groups excluding tert-OH is 1. The molecule has 0 saturated carbocycles. The summed E-state index contributed by atoms with van der Waals surface area (Å²) in [6, 6.07) is 7.88. The summed E-state index contributed by atoms with van der Waals surface area (Å²) in [6.45, 7) is -1.72. The minimum absolute atomic E-state index is 0.0253. The van der Waals surface area contributed by atoms with E-state index in [0.29, 0.717) is 9.59 Å². The van der Waals surface area contributed by atoms with E-state index in [1.165, 1.54) is 42.5 Å². The fourth-order valence-corrected chi connectivity index (χ4v) is 5.22. The molecule has 2 aromatic carbocycles. The Labute approximate surface area is 254 Å². The fourth-order valence-electron chi connectivity index (χ4n) is 4.83. The van der Waals surface area contributed by atoms with Crippen molar-refractivity contribution in [1.29, 1.82) is 0 Å². The Balaban J connectivity index is 1.48. The molecule has 1 aliphatic heterocycles. The van der Waals surface area contributed by atoms with Crippen LogP contribution in [0.2, 0.25) is 10.0 Å². The van der Waals surface area contributed by atoms with E-state index in [2.05, 4.69) is 15.2 Å².